The molecule has 2 aromatic rings. The van der Waals surface area contributed by atoms with Gasteiger partial charge in [-0.15, -0.1) is 0 Å². The minimum absolute atomic E-state index is 0.286. The van der Waals surface area contributed by atoms with E-state index in [0.29, 0.717) is 11.3 Å². The first-order chi connectivity index (χ1) is 9.22. The first-order valence-electron chi connectivity index (χ1n) is 5.75. The van der Waals surface area contributed by atoms with Crippen LogP contribution in [0.2, 0.25) is 0 Å². The smallest absolute Gasteiger partial charge is 0.0991 e. The number of nitrogen functional groups attached to an aromatic ring is 1. The summed E-state index contributed by atoms with van der Waals surface area (Å²) in [5.41, 5.74) is 9.58. The Hall–Kier alpha value is -2.98. The second kappa shape index (κ2) is 5.57. The van der Waals surface area contributed by atoms with E-state index in [0.717, 1.165) is 16.9 Å². The molecule has 4 nitrogen and oxygen atoms in total. The minimum Gasteiger partial charge on any atom is -0.398 e. The number of rotatable bonds is 3. The SMILES string of the molecule is N#CCc1cc(Nc2ccc(C#N)cc2)ccc1N. The fourth-order valence-corrected chi connectivity index (χ4v) is 1.72. The minimum atomic E-state index is 0.286. The molecule has 0 aliphatic rings. The zero-order valence-electron chi connectivity index (χ0n) is 10.2. The molecule has 0 aromatic heterocycles. The summed E-state index contributed by atoms with van der Waals surface area (Å²) in [5, 5.41) is 20.7. The van der Waals surface area contributed by atoms with Gasteiger partial charge in [0, 0.05) is 17.1 Å². The number of anilines is 3. The second-order valence-electron chi connectivity index (χ2n) is 4.06. The van der Waals surface area contributed by atoms with Gasteiger partial charge in [0.1, 0.15) is 0 Å². The number of hydrogen-bond donors (Lipinski definition) is 2. The largest absolute Gasteiger partial charge is 0.398 e. The highest BCUT2D eigenvalue weighted by molar-refractivity contribution is 5.65. The Balaban J connectivity index is 2.21. The van der Waals surface area contributed by atoms with Gasteiger partial charge in [-0.25, -0.2) is 0 Å². The van der Waals surface area contributed by atoms with Crippen LogP contribution in [0.15, 0.2) is 42.5 Å². The molecule has 0 fully saturated rings. The Kier molecular flexibility index (Phi) is 3.66. The molecule has 0 amide bonds. The second-order valence-corrected chi connectivity index (χ2v) is 4.06. The molecule has 0 heterocycles. The summed E-state index contributed by atoms with van der Waals surface area (Å²) in [6.45, 7) is 0. The van der Waals surface area contributed by atoms with Gasteiger partial charge in [-0.3, -0.25) is 0 Å². The van der Waals surface area contributed by atoms with E-state index in [-0.39, 0.29) is 6.42 Å². The van der Waals surface area contributed by atoms with E-state index in [1.165, 1.54) is 0 Å². The zero-order chi connectivity index (χ0) is 13.7. The lowest BCUT2D eigenvalue weighted by molar-refractivity contribution is 1.27. The highest BCUT2D eigenvalue weighted by atomic mass is 14.9. The number of hydrogen-bond acceptors (Lipinski definition) is 4. The van der Waals surface area contributed by atoms with Crippen LogP contribution in [0.25, 0.3) is 0 Å². The monoisotopic (exact) mass is 248 g/mol. The van der Waals surface area contributed by atoms with Gasteiger partial charge < -0.3 is 11.1 Å². The number of nitriles is 2. The topological polar surface area (TPSA) is 85.6 Å². The summed E-state index contributed by atoms with van der Waals surface area (Å²) in [4.78, 5) is 0. The van der Waals surface area contributed by atoms with Crippen LogP contribution in [0.1, 0.15) is 11.1 Å². The van der Waals surface area contributed by atoms with Crippen molar-refractivity contribution in [1.82, 2.24) is 0 Å². The Bertz CT molecular complexity index is 660. The number of nitrogens with one attached hydrogen (secondary N) is 1. The lowest BCUT2D eigenvalue weighted by Crippen LogP contribution is -1.96. The van der Waals surface area contributed by atoms with E-state index in [1.54, 1.807) is 18.2 Å². The molecule has 92 valence electrons. The van der Waals surface area contributed by atoms with Crippen molar-refractivity contribution in [2.45, 2.75) is 6.42 Å². The van der Waals surface area contributed by atoms with Crippen LogP contribution in [0, 0.1) is 22.7 Å². The maximum absolute atomic E-state index is 8.73. The molecule has 19 heavy (non-hydrogen) atoms. The highest BCUT2D eigenvalue weighted by Gasteiger charge is 2.01. The van der Waals surface area contributed by atoms with Crippen molar-refractivity contribution < 1.29 is 0 Å². The molecule has 0 atom stereocenters. The van der Waals surface area contributed by atoms with Crippen LogP contribution in [0.5, 0.6) is 0 Å². The third kappa shape index (κ3) is 3.02. The Morgan fingerprint density at radius 3 is 2.32 bits per heavy atom. The van der Waals surface area contributed by atoms with Gasteiger partial charge in [0.15, 0.2) is 0 Å². The van der Waals surface area contributed by atoms with Crippen molar-refractivity contribution in [2.24, 2.45) is 0 Å². The highest BCUT2D eigenvalue weighted by Crippen LogP contribution is 2.22. The first kappa shape index (κ1) is 12.5. The Morgan fingerprint density at radius 1 is 1.00 bits per heavy atom. The Morgan fingerprint density at radius 2 is 1.68 bits per heavy atom. The van der Waals surface area contributed by atoms with E-state index in [1.807, 2.05) is 24.3 Å². The van der Waals surface area contributed by atoms with Crippen LogP contribution in [0.3, 0.4) is 0 Å². The molecular weight excluding hydrogens is 236 g/mol. The third-order valence-corrected chi connectivity index (χ3v) is 2.72. The predicted molar refractivity (Wildman–Crippen MR) is 74.6 cm³/mol. The molecule has 2 rings (SSSR count). The van der Waals surface area contributed by atoms with Crippen molar-refractivity contribution in [3.8, 4) is 12.1 Å². The third-order valence-electron chi connectivity index (χ3n) is 2.72. The summed E-state index contributed by atoms with van der Waals surface area (Å²) in [5.74, 6) is 0. The lowest BCUT2D eigenvalue weighted by atomic mass is 10.1. The summed E-state index contributed by atoms with van der Waals surface area (Å²) in [6, 6.07) is 16.8. The van der Waals surface area contributed by atoms with Crippen LogP contribution >= 0.6 is 0 Å². The van der Waals surface area contributed by atoms with Crippen LogP contribution in [-0.4, -0.2) is 0 Å². The lowest BCUT2D eigenvalue weighted by Gasteiger charge is -2.09. The molecule has 0 spiro atoms. The maximum Gasteiger partial charge on any atom is 0.0991 e. The van der Waals surface area contributed by atoms with Gasteiger partial charge in [0.05, 0.1) is 24.1 Å². The summed E-state index contributed by atoms with van der Waals surface area (Å²) < 4.78 is 0. The van der Waals surface area contributed by atoms with Gasteiger partial charge in [0.25, 0.3) is 0 Å². The normalized spacial score (nSPS) is 9.37. The Labute approximate surface area is 111 Å². The molecule has 3 N–H and O–H groups in total. The van der Waals surface area contributed by atoms with E-state index in [9.17, 15) is 0 Å². The van der Waals surface area contributed by atoms with Gasteiger partial charge in [0.2, 0.25) is 0 Å². The van der Waals surface area contributed by atoms with Crippen molar-refractivity contribution >= 4 is 17.1 Å². The number of benzene rings is 2. The molecule has 4 heteroatoms. The van der Waals surface area contributed by atoms with Gasteiger partial charge >= 0.3 is 0 Å². The average molecular weight is 248 g/mol. The van der Waals surface area contributed by atoms with Crippen molar-refractivity contribution in [2.75, 3.05) is 11.1 Å². The number of nitrogens with zero attached hydrogens (tertiary/aromatic N) is 2. The van der Waals surface area contributed by atoms with Gasteiger partial charge in [-0.2, -0.15) is 10.5 Å². The summed E-state index contributed by atoms with van der Waals surface area (Å²) >= 11 is 0. The first-order valence-corrected chi connectivity index (χ1v) is 5.75. The summed E-state index contributed by atoms with van der Waals surface area (Å²) in [6.07, 6.45) is 0.286. The van der Waals surface area contributed by atoms with Gasteiger partial charge in [-0.1, -0.05) is 0 Å². The fourth-order valence-electron chi connectivity index (χ4n) is 1.72. The molecule has 0 aliphatic carbocycles. The van der Waals surface area contributed by atoms with E-state index in [4.69, 9.17) is 16.3 Å². The van der Waals surface area contributed by atoms with E-state index in [2.05, 4.69) is 17.5 Å². The molecule has 0 radical (unpaired) electrons. The standard InChI is InChI=1S/C15H12N4/c16-8-7-12-9-14(5-6-15(12)18)19-13-3-1-11(10-17)2-4-13/h1-6,9,19H,7,18H2. The van der Waals surface area contributed by atoms with Crippen LogP contribution in [0.4, 0.5) is 17.1 Å². The molecule has 0 saturated carbocycles. The zero-order valence-corrected chi connectivity index (χ0v) is 10.2. The van der Waals surface area contributed by atoms with E-state index >= 15 is 0 Å². The van der Waals surface area contributed by atoms with E-state index < -0.39 is 0 Å². The molecule has 2 aromatic carbocycles. The molecule has 0 bridgehead atoms. The molecule has 0 saturated heterocycles. The fraction of sp³-hybridized carbons (Fsp3) is 0.0667. The van der Waals surface area contributed by atoms with Crippen molar-refractivity contribution in [3.05, 3.63) is 53.6 Å². The molecular formula is C15H12N4. The molecule has 0 aliphatic heterocycles. The van der Waals surface area contributed by atoms with Crippen LogP contribution < -0.4 is 11.1 Å². The average Bonchev–Trinajstić information content (AvgIpc) is 2.44. The molecule has 0 unspecified atom stereocenters. The predicted octanol–water partition coefficient (Wildman–Crippen LogP) is 2.95. The maximum atomic E-state index is 8.73. The number of nitrogens with two attached hydrogens (primary N) is 1. The van der Waals surface area contributed by atoms with Crippen molar-refractivity contribution in [3.63, 3.8) is 0 Å². The van der Waals surface area contributed by atoms with Gasteiger partial charge in [-0.05, 0) is 48.0 Å². The quantitative estimate of drug-likeness (QED) is 0.818. The van der Waals surface area contributed by atoms with Crippen LogP contribution in [-0.2, 0) is 6.42 Å². The van der Waals surface area contributed by atoms with Crippen molar-refractivity contribution in [1.29, 1.82) is 10.5 Å². The summed E-state index contributed by atoms with van der Waals surface area (Å²) in [7, 11) is 0.